The predicted molar refractivity (Wildman–Crippen MR) is 127 cm³/mol. The molecule has 11 heteroatoms. The average Bonchev–Trinajstić information content (AvgIpc) is 3.28. The summed E-state index contributed by atoms with van der Waals surface area (Å²) in [5.41, 5.74) is 0.743. The van der Waals surface area contributed by atoms with E-state index in [1.54, 1.807) is 45.2 Å². The number of thioether (sulfide) groups is 1. The molecule has 1 aliphatic heterocycles. The number of anilines is 1. The molecule has 178 valence electrons. The van der Waals surface area contributed by atoms with Gasteiger partial charge in [0.15, 0.2) is 0 Å². The maximum atomic E-state index is 13.3. The fraction of sp³-hybridized carbons (Fsp3) is 0.364. The van der Waals surface area contributed by atoms with Crippen molar-refractivity contribution in [3.8, 4) is 11.5 Å². The number of carbonyl (C=O) groups excluding carboxylic acids is 2. The molecular weight excluding hydrogens is 466 g/mol. The Morgan fingerprint density at radius 1 is 1.09 bits per heavy atom. The molecule has 0 aliphatic carbocycles. The first-order valence-electron chi connectivity index (χ1n) is 10.2. The van der Waals surface area contributed by atoms with Crippen LogP contribution in [-0.2, 0) is 14.8 Å². The first kappa shape index (κ1) is 24.9. The van der Waals surface area contributed by atoms with Gasteiger partial charge in [-0.15, -0.1) is 11.8 Å². The summed E-state index contributed by atoms with van der Waals surface area (Å²) in [6, 6.07) is 10.1. The summed E-state index contributed by atoms with van der Waals surface area (Å²) in [5, 5.41) is 2.82. The Morgan fingerprint density at radius 3 is 2.39 bits per heavy atom. The highest BCUT2D eigenvalue weighted by molar-refractivity contribution is 7.99. The van der Waals surface area contributed by atoms with Crippen LogP contribution in [0, 0.1) is 0 Å². The third-order valence-corrected chi connectivity index (χ3v) is 7.59. The zero-order valence-corrected chi connectivity index (χ0v) is 20.5. The molecule has 0 saturated carbocycles. The van der Waals surface area contributed by atoms with E-state index in [1.165, 1.54) is 42.0 Å². The Bertz CT molecular complexity index is 1120. The molecule has 1 atom stereocenters. The minimum atomic E-state index is -3.90. The highest BCUT2D eigenvalue weighted by Gasteiger charge is 2.36. The first-order valence-corrected chi connectivity index (χ1v) is 12.8. The molecular formula is C22H27N3O6S2. The predicted octanol–water partition coefficient (Wildman–Crippen LogP) is 2.54. The summed E-state index contributed by atoms with van der Waals surface area (Å²) < 4.78 is 38.3. The lowest BCUT2D eigenvalue weighted by Gasteiger charge is -2.23. The zero-order chi connectivity index (χ0) is 24.2. The molecule has 0 aromatic heterocycles. The Morgan fingerprint density at radius 2 is 1.79 bits per heavy atom. The number of rotatable bonds is 8. The summed E-state index contributed by atoms with van der Waals surface area (Å²) >= 11 is 1.45. The van der Waals surface area contributed by atoms with Gasteiger partial charge in [0.25, 0.3) is 5.91 Å². The molecule has 1 unspecified atom stereocenters. The van der Waals surface area contributed by atoms with Crippen molar-refractivity contribution in [1.29, 1.82) is 0 Å². The molecule has 2 amide bonds. The number of benzene rings is 2. The summed E-state index contributed by atoms with van der Waals surface area (Å²) in [6.45, 7) is 3.40. The number of nitrogens with zero attached hydrogens (tertiary/aromatic N) is 1. The lowest BCUT2D eigenvalue weighted by molar-refractivity contribution is -0.119. The number of sulfonamides is 1. The van der Waals surface area contributed by atoms with E-state index in [0.29, 0.717) is 23.1 Å². The fourth-order valence-electron chi connectivity index (χ4n) is 3.32. The monoisotopic (exact) mass is 493 g/mol. The lowest BCUT2D eigenvalue weighted by atomic mass is 10.1. The quantitative estimate of drug-likeness (QED) is 0.581. The van der Waals surface area contributed by atoms with Crippen LogP contribution in [0.4, 0.5) is 5.69 Å². The number of carbonyl (C=O) groups is 2. The first-order chi connectivity index (χ1) is 15.7. The maximum absolute atomic E-state index is 13.3. The third kappa shape index (κ3) is 5.79. The van der Waals surface area contributed by atoms with Crippen molar-refractivity contribution < 1.29 is 27.5 Å². The van der Waals surface area contributed by atoms with Crippen LogP contribution in [-0.4, -0.2) is 63.1 Å². The molecule has 33 heavy (non-hydrogen) atoms. The molecule has 9 nitrogen and oxygen atoms in total. The van der Waals surface area contributed by atoms with Crippen molar-refractivity contribution >= 4 is 39.3 Å². The zero-order valence-electron chi connectivity index (χ0n) is 18.8. The molecule has 2 N–H and O–H groups in total. The van der Waals surface area contributed by atoms with Crippen molar-refractivity contribution in [2.24, 2.45) is 0 Å². The van der Waals surface area contributed by atoms with E-state index in [2.05, 4.69) is 10.0 Å². The van der Waals surface area contributed by atoms with Gasteiger partial charge in [-0.25, -0.2) is 13.1 Å². The number of ether oxygens (including phenoxy) is 2. The Kier molecular flexibility index (Phi) is 7.88. The molecule has 0 spiro atoms. The van der Waals surface area contributed by atoms with Crippen LogP contribution in [0.1, 0.15) is 24.2 Å². The van der Waals surface area contributed by atoms with Gasteiger partial charge in [-0.05, 0) is 56.3 Å². The van der Waals surface area contributed by atoms with Crippen molar-refractivity contribution in [3.63, 3.8) is 0 Å². The number of methoxy groups -OCH3 is 2. The number of hydrogen-bond donors (Lipinski definition) is 2. The van der Waals surface area contributed by atoms with Gasteiger partial charge >= 0.3 is 0 Å². The van der Waals surface area contributed by atoms with Crippen LogP contribution in [0.3, 0.4) is 0 Å². The second-order valence-electron chi connectivity index (χ2n) is 7.65. The minimum absolute atomic E-state index is 0.129. The van der Waals surface area contributed by atoms with Gasteiger partial charge in [0.2, 0.25) is 15.9 Å². The molecule has 2 aromatic carbocycles. The van der Waals surface area contributed by atoms with Gasteiger partial charge in [0.05, 0.1) is 20.1 Å². The van der Waals surface area contributed by atoms with E-state index >= 15 is 0 Å². The normalized spacial score (nSPS) is 16.0. The topological polar surface area (TPSA) is 114 Å². The van der Waals surface area contributed by atoms with E-state index in [4.69, 9.17) is 9.47 Å². The summed E-state index contributed by atoms with van der Waals surface area (Å²) in [7, 11) is -0.979. The fourth-order valence-corrected chi connectivity index (χ4v) is 5.92. The van der Waals surface area contributed by atoms with Crippen LogP contribution in [0.2, 0.25) is 0 Å². The Labute approximate surface area is 197 Å². The number of amides is 2. The molecule has 2 aromatic rings. The van der Waals surface area contributed by atoms with E-state index < -0.39 is 22.0 Å². The lowest BCUT2D eigenvalue weighted by Crippen LogP contribution is -2.44. The molecule has 1 heterocycles. The number of nitrogens with one attached hydrogen (secondary N) is 2. The van der Waals surface area contributed by atoms with Crippen LogP contribution in [0.15, 0.2) is 47.4 Å². The molecule has 1 aliphatic rings. The smallest absolute Gasteiger partial charge is 0.255 e. The van der Waals surface area contributed by atoms with Crippen LogP contribution >= 0.6 is 11.8 Å². The van der Waals surface area contributed by atoms with Gasteiger partial charge in [-0.2, -0.15) is 0 Å². The van der Waals surface area contributed by atoms with Gasteiger partial charge in [-0.3, -0.25) is 9.59 Å². The number of hydrogen-bond acceptors (Lipinski definition) is 7. The maximum Gasteiger partial charge on any atom is 0.255 e. The van der Waals surface area contributed by atoms with Gasteiger partial charge < -0.3 is 19.7 Å². The largest absolute Gasteiger partial charge is 0.497 e. The van der Waals surface area contributed by atoms with Gasteiger partial charge in [0, 0.05) is 23.0 Å². The minimum Gasteiger partial charge on any atom is -0.497 e. The van der Waals surface area contributed by atoms with Crippen LogP contribution < -0.4 is 19.5 Å². The van der Waals surface area contributed by atoms with E-state index in [9.17, 15) is 18.0 Å². The SMILES string of the molecule is COc1ccc(NC(=O)C2CSCN2C(=O)c2ccc(OC)c(S(=O)(=O)NC(C)C)c2)cc1. The molecule has 0 radical (unpaired) electrons. The van der Waals surface area contributed by atoms with Gasteiger partial charge in [-0.1, -0.05) is 0 Å². The van der Waals surface area contributed by atoms with Crippen LogP contribution in [0.5, 0.6) is 11.5 Å². The standard InChI is InChI=1S/C22H27N3O6S2/c1-14(2)24-33(28,29)20-11-15(5-10-19(20)31-4)22(27)25-13-32-12-18(25)21(26)23-16-6-8-17(30-3)9-7-16/h5-11,14,18,24H,12-13H2,1-4H3,(H,23,26). The molecule has 3 rings (SSSR count). The third-order valence-electron chi connectivity index (χ3n) is 4.89. The van der Waals surface area contributed by atoms with Crippen molar-refractivity contribution in [2.45, 2.75) is 30.8 Å². The van der Waals surface area contributed by atoms with Crippen LogP contribution in [0.25, 0.3) is 0 Å². The summed E-state index contributed by atoms with van der Waals surface area (Å²) in [4.78, 5) is 27.5. The molecule has 1 fully saturated rings. The molecule has 1 saturated heterocycles. The van der Waals surface area contributed by atoms with E-state index in [-0.39, 0.29) is 28.2 Å². The average molecular weight is 494 g/mol. The summed E-state index contributed by atoms with van der Waals surface area (Å²) in [5.74, 6) is 0.796. The van der Waals surface area contributed by atoms with Crippen molar-refractivity contribution in [1.82, 2.24) is 9.62 Å². The second-order valence-corrected chi connectivity index (χ2v) is 10.3. The van der Waals surface area contributed by atoms with Crippen molar-refractivity contribution in [2.75, 3.05) is 31.2 Å². The van der Waals surface area contributed by atoms with E-state index in [0.717, 1.165) is 0 Å². The highest BCUT2D eigenvalue weighted by Crippen LogP contribution is 2.29. The Hall–Kier alpha value is -2.76. The second kappa shape index (κ2) is 10.4. The van der Waals surface area contributed by atoms with E-state index in [1.807, 2.05) is 0 Å². The van der Waals surface area contributed by atoms with Crippen molar-refractivity contribution in [3.05, 3.63) is 48.0 Å². The highest BCUT2D eigenvalue weighted by atomic mass is 32.2. The molecule has 0 bridgehead atoms. The Balaban J connectivity index is 1.83. The van der Waals surface area contributed by atoms with Gasteiger partial charge in [0.1, 0.15) is 22.4 Å². The summed E-state index contributed by atoms with van der Waals surface area (Å²) in [6.07, 6.45) is 0.